The summed E-state index contributed by atoms with van der Waals surface area (Å²) < 4.78 is 15.3. The van der Waals surface area contributed by atoms with Crippen LogP contribution in [-0.2, 0) is 22.6 Å². The van der Waals surface area contributed by atoms with Crippen LogP contribution in [0.1, 0.15) is 11.1 Å². The fourth-order valence-electron chi connectivity index (χ4n) is 2.02. The Hall–Kier alpha value is -1.33. The molecule has 0 saturated carbocycles. The van der Waals surface area contributed by atoms with Crippen molar-refractivity contribution in [1.29, 1.82) is 0 Å². The highest BCUT2D eigenvalue weighted by atomic mass is 35.5. The summed E-state index contributed by atoms with van der Waals surface area (Å²) in [7, 11) is 0. The van der Waals surface area contributed by atoms with Crippen molar-refractivity contribution in [3.8, 4) is 0 Å². The molecule has 1 unspecified atom stereocenters. The number of hydrogen-bond donors (Lipinski definition) is 1. The Morgan fingerprint density at radius 1 is 1.18 bits per heavy atom. The smallest absolute Gasteiger partial charge is 0.173 e. The fraction of sp³-hybridized carbons (Fsp3) is 0.235. The van der Waals surface area contributed by atoms with Gasteiger partial charge < -0.3 is 4.55 Å². The number of aryl methyl sites for hydroxylation is 1. The molecule has 0 spiro atoms. The van der Waals surface area contributed by atoms with Crippen molar-refractivity contribution >= 4 is 28.7 Å². The molecule has 2 aromatic carbocycles. The number of halogens is 1. The number of benzene rings is 2. The molecule has 22 heavy (non-hydrogen) atoms. The predicted molar refractivity (Wildman–Crippen MR) is 90.4 cm³/mol. The second kappa shape index (κ2) is 8.34. The van der Waals surface area contributed by atoms with Gasteiger partial charge in [0, 0.05) is 0 Å². The number of nitrogens with one attached hydrogen (secondary N) is 1. The molecule has 0 heterocycles. The lowest BCUT2D eigenvalue weighted by atomic mass is 10.0. The number of carbonyl (C=O) groups excluding carboxylic acids is 1. The Morgan fingerprint density at radius 2 is 1.82 bits per heavy atom. The zero-order valence-corrected chi connectivity index (χ0v) is 13.9. The Kier molecular flexibility index (Phi) is 6.46. The van der Waals surface area contributed by atoms with Gasteiger partial charge in [0.1, 0.15) is 6.04 Å². The van der Waals surface area contributed by atoms with E-state index in [2.05, 4.69) is 4.72 Å². The van der Waals surface area contributed by atoms with Crippen molar-refractivity contribution in [1.82, 2.24) is 4.72 Å². The maximum Gasteiger partial charge on any atom is 0.173 e. The first-order valence-electron chi connectivity index (χ1n) is 6.97. The minimum atomic E-state index is -1.45. The highest BCUT2D eigenvalue weighted by molar-refractivity contribution is 7.89. The molecule has 3 nitrogen and oxygen atoms in total. The summed E-state index contributed by atoms with van der Waals surface area (Å²) in [6, 6.07) is 16.4. The number of carbonyl (C=O) groups is 1. The van der Waals surface area contributed by atoms with Crippen molar-refractivity contribution in [3.05, 3.63) is 65.7 Å². The van der Waals surface area contributed by atoms with Gasteiger partial charge in [0.05, 0.1) is 17.2 Å². The molecular weight excluding hydrogens is 318 g/mol. The zero-order valence-electron chi connectivity index (χ0n) is 12.3. The molecule has 116 valence electrons. The lowest BCUT2D eigenvalue weighted by Gasteiger charge is -2.18. The topological polar surface area (TPSA) is 52.2 Å². The van der Waals surface area contributed by atoms with Gasteiger partial charge in [-0.2, -0.15) is 0 Å². The highest BCUT2D eigenvalue weighted by Gasteiger charge is 2.24. The van der Waals surface area contributed by atoms with Crippen LogP contribution in [0.3, 0.4) is 0 Å². The van der Waals surface area contributed by atoms with Crippen LogP contribution >= 0.6 is 11.6 Å². The summed E-state index contributed by atoms with van der Waals surface area (Å²) >= 11 is 4.23. The van der Waals surface area contributed by atoms with Gasteiger partial charge >= 0.3 is 0 Å². The average molecular weight is 336 g/mol. The van der Waals surface area contributed by atoms with E-state index in [1.54, 1.807) is 12.1 Å². The van der Waals surface area contributed by atoms with Crippen molar-refractivity contribution in [3.63, 3.8) is 0 Å². The van der Waals surface area contributed by atoms with E-state index in [9.17, 15) is 9.35 Å². The number of ketones is 1. The molecular formula is C17H18ClNO2S. The molecule has 0 saturated heterocycles. The van der Waals surface area contributed by atoms with Gasteiger partial charge in [-0.1, -0.05) is 48.0 Å². The molecule has 0 aliphatic carbocycles. The second-order valence-corrected chi connectivity index (χ2v) is 6.55. The molecule has 5 heteroatoms. The number of hydrogen-bond acceptors (Lipinski definition) is 3. The van der Waals surface area contributed by atoms with Crippen LogP contribution in [0.2, 0.25) is 0 Å². The third-order valence-electron chi connectivity index (χ3n) is 3.29. The summed E-state index contributed by atoms with van der Waals surface area (Å²) in [6.45, 7) is 1.97. The summed E-state index contributed by atoms with van der Waals surface area (Å²) in [5.74, 6) is -0.263. The second-order valence-electron chi connectivity index (χ2n) is 5.04. The van der Waals surface area contributed by atoms with Gasteiger partial charge in [0.2, 0.25) is 0 Å². The Morgan fingerprint density at radius 3 is 2.41 bits per heavy atom. The van der Waals surface area contributed by atoms with Crippen LogP contribution in [0.4, 0.5) is 0 Å². The molecule has 0 aliphatic heterocycles. The summed E-state index contributed by atoms with van der Waals surface area (Å²) in [5.41, 5.74) is 2.10. The maximum atomic E-state index is 12.4. The Balaban J connectivity index is 2.09. The van der Waals surface area contributed by atoms with E-state index in [1.165, 1.54) is 0 Å². The van der Waals surface area contributed by atoms with Crippen molar-refractivity contribution in [2.45, 2.75) is 24.3 Å². The fourth-order valence-corrected chi connectivity index (χ4v) is 3.20. The van der Waals surface area contributed by atoms with Crippen molar-refractivity contribution < 1.29 is 9.35 Å². The standard InChI is InChI=1S/C17H18ClNO2S/c1-13-7-9-15(10-8-13)22(21)19-16(17(20)12-18)11-14-5-3-2-4-6-14/h2-10,16,19H,11-12H2,1H3/t16-,22?/m0/s1. The normalized spacial score (nSPS) is 13.6. The molecule has 2 aromatic rings. The predicted octanol–water partition coefficient (Wildman–Crippen LogP) is 3.03. The van der Waals surface area contributed by atoms with E-state index in [0.717, 1.165) is 11.1 Å². The molecule has 0 bridgehead atoms. The monoisotopic (exact) mass is 335 g/mol. The van der Waals surface area contributed by atoms with E-state index >= 15 is 0 Å². The highest BCUT2D eigenvalue weighted by Crippen LogP contribution is 2.13. The van der Waals surface area contributed by atoms with E-state index in [1.807, 2.05) is 49.4 Å². The molecule has 0 fully saturated rings. The van der Waals surface area contributed by atoms with Crippen LogP contribution in [0.25, 0.3) is 0 Å². The van der Waals surface area contributed by atoms with Gasteiger partial charge in [0.25, 0.3) is 0 Å². The number of alkyl halides is 1. The summed E-state index contributed by atoms with van der Waals surface area (Å²) in [4.78, 5) is 12.7. The van der Waals surface area contributed by atoms with Crippen molar-refractivity contribution in [2.24, 2.45) is 0 Å². The lowest BCUT2D eigenvalue weighted by molar-refractivity contribution is -0.118. The van der Waals surface area contributed by atoms with Gasteiger partial charge in [-0.15, -0.1) is 16.3 Å². The molecule has 1 N–H and O–H groups in total. The molecule has 0 amide bonds. The quantitative estimate of drug-likeness (QED) is 0.625. The first-order valence-corrected chi connectivity index (χ1v) is 8.66. The first-order chi connectivity index (χ1) is 10.6. The summed E-state index contributed by atoms with van der Waals surface area (Å²) in [5, 5.41) is 0. The third kappa shape index (κ3) is 4.85. The summed E-state index contributed by atoms with van der Waals surface area (Å²) in [6.07, 6.45) is 0.462. The van der Waals surface area contributed by atoms with Crippen LogP contribution in [0.5, 0.6) is 0 Å². The maximum absolute atomic E-state index is 12.4. The SMILES string of the molecule is Cc1ccc([S+]([O-])N[C@@H](Cc2ccccc2)C(=O)CCl)cc1. The van der Waals surface area contributed by atoms with Crippen LogP contribution in [0.15, 0.2) is 59.5 Å². The van der Waals surface area contributed by atoms with Gasteiger partial charge in [-0.25, -0.2) is 0 Å². The van der Waals surface area contributed by atoms with Gasteiger partial charge in [-0.3, -0.25) is 4.79 Å². The average Bonchev–Trinajstić information content (AvgIpc) is 2.55. The zero-order chi connectivity index (χ0) is 15.9. The van der Waals surface area contributed by atoms with Crippen LogP contribution in [-0.4, -0.2) is 22.3 Å². The number of rotatable bonds is 7. The number of Topliss-reactive ketones (excluding diaryl/α,β-unsaturated/α-hetero) is 1. The van der Waals surface area contributed by atoms with E-state index < -0.39 is 17.4 Å². The lowest BCUT2D eigenvalue weighted by Crippen LogP contribution is -2.43. The van der Waals surface area contributed by atoms with Crippen LogP contribution in [0, 0.1) is 6.92 Å². The van der Waals surface area contributed by atoms with Crippen LogP contribution < -0.4 is 4.72 Å². The van der Waals surface area contributed by atoms with E-state index in [0.29, 0.717) is 11.3 Å². The van der Waals surface area contributed by atoms with E-state index in [4.69, 9.17) is 11.6 Å². The Labute approximate surface area is 139 Å². The Bertz CT molecular complexity index is 604. The molecule has 0 aromatic heterocycles. The minimum absolute atomic E-state index is 0.102. The van der Waals surface area contributed by atoms with E-state index in [-0.39, 0.29) is 11.7 Å². The van der Waals surface area contributed by atoms with Gasteiger partial charge in [0.15, 0.2) is 10.7 Å². The minimum Gasteiger partial charge on any atom is -0.593 e. The molecule has 0 aliphatic rings. The third-order valence-corrected chi connectivity index (χ3v) is 4.75. The largest absolute Gasteiger partial charge is 0.593 e. The van der Waals surface area contributed by atoms with Crippen molar-refractivity contribution in [2.75, 3.05) is 5.88 Å². The molecule has 2 rings (SSSR count). The van der Waals surface area contributed by atoms with Gasteiger partial charge in [-0.05, 0) is 31.0 Å². The first kappa shape index (κ1) is 17.0. The molecule has 2 atom stereocenters. The molecule has 0 radical (unpaired) electrons.